The van der Waals surface area contributed by atoms with E-state index in [9.17, 15) is 4.79 Å². The van der Waals surface area contributed by atoms with Crippen molar-refractivity contribution < 1.29 is 19.0 Å². The van der Waals surface area contributed by atoms with E-state index in [0.717, 1.165) is 16.9 Å². The van der Waals surface area contributed by atoms with Gasteiger partial charge in [-0.05, 0) is 30.7 Å². The van der Waals surface area contributed by atoms with Crippen LogP contribution in [0.4, 0.5) is 0 Å². The van der Waals surface area contributed by atoms with Crippen molar-refractivity contribution in [2.45, 2.75) is 13.5 Å². The molecule has 23 heavy (non-hydrogen) atoms. The molecule has 0 heterocycles. The molecular formula is C18H21NO4. The van der Waals surface area contributed by atoms with E-state index in [1.807, 2.05) is 31.2 Å². The molecule has 5 heteroatoms. The van der Waals surface area contributed by atoms with Crippen LogP contribution >= 0.6 is 0 Å². The number of amides is 1. The largest absolute Gasteiger partial charge is 0.496 e. The van der Waals surface area contributed by atoms with Crippen LogP contribution in [0.1, 0.15) is 21.5 Å². The van der Waals surface area contributed by atoms with Gasteiger partial charge in [-0.1, -0.05) is 18.2 Å². The quantitative estimate of drug-likeness (QED) is 0.890. The number of carbonyl (C=O) groups is 1. The average molecular weight is 315 g/mol. The van der Waals surface area contributed by atoms with Crippen molar-refractivity contribution >= 4 is 5.91 Å². The number of carbonyl (C=O) groups excluding carboxylic acids is 1. The second-order valence-electron chi connectivity index (χ2n) is 5.02. The molecule has 0 fully saturated rings. The molecule has 0 unspecified atom stereocenters. The molecule has 122 valence electrons. The first-order valence-corrected chi connectivity index (χ1v) is 7.23. The third-order valence-corrected chi connectivity index (χ3v) is 3.61. The Kier molecular flexibility index (Phi) is 5.46. The second-order valence-corrected chi connectivity index (χ2v) is 5.02. The Labute approximate surface area is 136 Å². The van der Waals surface area contributed by atoms with Crippen molar-refractivity contribution in [3.8, 4) is 17.2 Å². The van der Waals surface area contributed by atoms with Crippen LogP contribution in [0.25, 0.3) is 0 Å². The number of ether oxygens (including phenoxy) is 3. The number of rotatable bonds is 6. The highest BCUT2D eigenvalue weighted by Gasteiger charge is 2.14. The highest BCUT2D eigenvalue weighted by molar-refractivity contribution is 5.96. The first-order chi connectivity index (χ1) is 11.1. The molecule has 0 aliphatic rings. The zero-order chi connectivity index (χ0) is 16.8. The molecule has 0 saturated carbocycles. The number of nitrogens with one attached hydrogen (secondary N) is 1. The summed E-state index contributed by atoms with van der Waals surface area (Å²) in [4.78, 5) is 12.5. The molecule has 2 rings (SSSR count). The number of hydrogen-bond donors (Lipinski definition) is 1. The Morgan fingerprint density at radius 1 is 0.957 bits per heavy atom. The number of aryl methyl sites for hydroxylation is 1. The summed E-state index contributed by atoms with van der Waals surface area (Å²) in [6, 6.07) is 11.1. The molecule has 2 aromatic rings. The van der Waals surface area contributed by atoms with Crippen molar-refractivity contribution in [2.75, 3.05) is 21.3 Å². The molecule has 0 aliphatic carbocycles. The van der Waals surface area contributed by atoms with Gasteiger partial charge < -0.3 is 19.5 Å². The molecule has 0 atom stereocenters. The van der Waals surface area contributed by atoms with E-state index >= 15 is 0 Å². The van der Waals surface area contributed by atoms with E-state index in [1.54, 1.807) is 33.5 Å². The van der Waals surface area contributed by atoms with Crippen molar-refractivity contribution in [1.82, 2.24) is 5.32 Å². The summed E-state index contributed by atoms with van der Waals surface area (Å²) in [5, 5.41) is 2.90. The van der Waals surface area contributed by atoms with Gasteiger partial charge in [-0.2, -0.15) is 0 Å². The molecule has 1 N–H and O–H groups in total. The molecule has 0 spiro atoms. The fraction of sp³-hybridized carbons (Fsp3) is 0.278. The van der Waals surface area contributed by atoms with Crippen LogP contribution in [0, 0.1) is 6.92 Å². The Balaban J connectivity index is 2.18. The molecule has 0 aromatic heterocycles. The van der Waals surface area contributed by atoms with E-state index < -0.39 is 0 Å². The summed E-state index contributed by atoms with van der Waals surface area (Å²) in [6.07, 6.45) is 0. The predicted octanol–water partition coefficient (Wildman–Crippen LogP) is 2.95. The highest BCUT2D eigenvalue weighted by Crippen LogP contribution is 2.30. The SMILES string of the molecule is COc1ccccc1CNC(=O)c1cc(OC)c(OC)cc1C. The first-order valence-electron chi connectivity index (χ1n) is 7.23. The van der Waals surface area contributed by atoms with Crippen LogP contribution in [0.15, 0.2) is 36.4 Å². The highest BCUT2D eigenvalue weighted by atomic mass is 16.5. The maximum absolute atomic E-state index is 12.5. The van der Waals surface area contributed by atoms with Gasteiger partial charge in [0.05, 0.1) is 21.3 Å². The third-order valence-electron chi connectivity index (χ3n) is 3.61. The minimum atomic E-state index is -0.172. The molecular weight excluding hydrogens is 294 g/mol. The van der Waals surface area contributed by atoms with Crippen LogP contribution in [-0.4, -0.2) is 27.2 Å². The van der Waals surface area contributed by atoms with Crippen molar-refractivity contribution in [1.29, 1.82) is 0 Å². The number of para-hydroxylation sites is 1. The molecule has 0 aliphatic heterocycles. The Morgan fingerprint density at radius 2 is 1.57 bits per heavy atom. The fourth-order valence-electron chi connectivity index (χ4n) is 2.34. The van der Waals surface area contributed by atoms with Crippen LogP contribution in [0.2, 0.25) is 0 Å². The minimum absolute atomic E-state index is 0.172. The number of benzene rings is 2. The zero-order valence-corrected chi connectivity index (χ0v) is 13.8. The van der Waals surface area contributed by atoms with E-state index in [0.29, 0.717) is 23.6 Å². The minimum Gasteiger partial charge on any atom is -0.496 e. The number of hydrogen-bond acceptors (Lipinski definition) is 4. The lowest BCUT2D eigenvalue weighted by Gasteiger charge is -2.13. The summed E-state index contributed by atoms with van der Waals surface area (Å²) >= 11 is 0. The van der Waals surface area contributed by atoms with Crippen molar-refractivity contribution in [2.24, 2.45) is 0 Å². The lowest BCUT2D eigenvalue weighted by Crippen LogP contribution is -2.24. The van der Waals surface area contributed by atoms with E-state index in [1.165, 1.54) is 0 Å². The van der Waals surface area contributed by atoms with Crippen LogP contribution in [0.5, 0.6) is 17.2 Å². The number of methoxy groups -OCH3 is 3. The zero-order valence-electron chi connectivity index (χ0n) is 13.8. The van der Waals surface area contributed by atoms with Gasteiger partial charge in [-0.25, -0.2) is 0 Å². The Bertz CT molecular complexity index is 697. The van der Waals surface area contributed by atoms with Crippen molar-refractivity contribution in [3.63, 3.8) is 0 Å². The van der Waals surface area contributed by atoms with E-state index in [2.05, 4.69) is 5.32 Å². The van der Waals surface area contributed by atoms with E-state index in [-0.39, 0.29) is 5.91 Å². The molecule has 1 amide bonds. The topological polar surface area (TPSA) is 56.8 Å². The third kappa shape index (κ3) is 3.74. The summed E-state index contributed by atoms with van der Waals surface area (Å²) < 4.78 is 15.8. The fourth-order valence-corrected chi connectivity index (χ4v) is 2.34. The maximum atomic E-state index is 12.5. The van der Waals surface area contributed by atoms with Gasteiger partial charge in [-0.3, -0.25) is 4.79 Å². The molecule has 0 radical (unpaired) electrons. The van der Waals surface area contributed by atoms with Gasteiger partial charge in [0.2, 0.25) is 0 Å². The standard InChI is InChI=1S/C18H21NO4/c1-12-9-16(22-3)17(23-4)10-14(12)18(20)19-11-13-7-5-6-8-15(13)21-2/h5-10H,11H2,1-4H3,(H,19,20). The van der Waals surface area contributed by atoms with Gasteiger partial charge in [0.15, 0.2) is 11.5 Å². The van der Waals surface area contributed by atoms with Gasteiger partial charge in [0.25, 0.3) is 5.91 Å². The van der Waals surface area contributed by atoms with Gasteiger partial charge in [0.1, 0.15) is 5.75 Å². The van der Waals surface area contributed by atoms with Gasteiger partial charge in [0, 0.05) is 17.7 Å². The van der Waals surface area contributed by atoms with Crippen LogP contribution < -0.4 is 19.5 Å². The Hall–Kier alpha value is -2.69. The smallest absolute Gasteiger partial charge is 0.251 e. The average Bonchev–Trinajstić information content (AvgIpc) is 2.59. The second kappa shape index (κ2) is 7.54. The first kappa shape index (κ1) is 16.7. The summed E-state index contributed by atoms with van der Waals surface area (Å²) in [5.74, 6) is 1.71. The lowest BCUT2D eigenvalue weighted by atomic mass is 10.1. The Morgan fingerprint density at radius 3 is 2.22 bits per heavy atom. The summed E-state index contributed by atoms with van der Waals surface area (Å²) in [7, 11) is 4.72. The van der Waals surface area contributed by atoms with Gasteiger partial charge >= 0.3 is 0 Å². The predicted molar refractivity (Wildman–Crippen MR) is 88.4 cm³/mol. The lowest BCUT2D eigenvalue weighted by molar-refractivity contribution is 0.0949. The van der Waals surface area contributed by atoms with Crippen LogP contribution in [-0.2, 0) is 6.54 Å². The monoisotopic (exact) mass is 315 g/mol. The molecule has 5 nitrogen and oxygen atoms in total. The van der Waals surface area contributed by atoms with Crippen molar-refractivity contribution in [3.05, 3.63) is 53.1 Å². The normalized spacial score (nSPS) is 10.1. The molecule has 2 aromatic carbocycles. The summed E-state index contributed by atoms with van der Waals surface area (Å²) in [6.45, 7) is 2.25. The maximum Gasteiger partial charge on any atom is 0.251 e. The van der Waals surface area contributed by atoms with Gasteiger partial charge in [-0.15, -0.1) is 0 Å². The molecule has 0 saturated heterocycles. The summed E-state index contributed by atoms with van der Waals surface area (Å²) in [5.41, 5.74) is 2.29. The van der Waals surface area contributed by atoms with E-state index in [4.69, 9.17) is 14.2 Å². The molecule has 0 bridgehead atoms. The van der Waals surface area contributed by atoms with Crippen LogP contribution in [0.3, 0.4) is 0 Å².